The summed E-state index contributed by atoms with van der Waals surface area (Å²) in [4.78, 5) is 2.50. The highest BCUT2D eigenvalue weighted by molar-refractivity contribution is 6.22. The van der Waals surface area contributed by atoms with Gasteiger partial charge in [0.05, 0.1) is 11.4 Å². The smallest absolute Gasteiger partial charge is 0.0540 e. The monoisotopic (exact) mass is 827 g/mol. The molecule has 1 atom stereocenters. The Morgan fingerprint density at radius 3 is 1.40 bits per heavy atom. The first-order valence-corrected chi connectivity index (χ1v) is 22.6. The van der Waals surface area contributed by atoms with Crippen LogP contribution in [0.3, 0.4) is 0 Å². The number of anilines is 3. The highest BCUT2D eigenvalue weighted by Crippen LogP contribution is 2.55. The molecule has 1 aliphatic rings. The molecule has 1 unspecified atom stereocenters. The number of hydrogen-bond donors (Lipinski definition) is 0. The Hall–Kier alpha value is -8.26. The standard InChI is InChI=1S/C64H45N/c1-64(48-28-12-5-13-29-48)58-35-19-16-33-54(58)55-41-39-49(43-59(55)64)65(60-36-20-17-30-50(60)44-22-6-2-7-23-44)61-37-21-18-31-51(61)47-38-40-53-52-32-14-15-34-56(52)62(45-24-8-3-9-25-45)63(57(53)42-47)46-26-10-4-11-27-46/h2-43H,1H3. The van der Waals surface area contributed by atoms with Gasteiger partial charge in [-0.2, -0.15) is 0 Å². The fourth-order valence-corrected chi connectivity index (χ4v) is 10.7. The predicted octanol–water partition coefficient (Wildman–Crippen LogP) is 17.5. The van der Waals surface area contributed by atoms with Crippen LogP contribution in [-0.4, -0.2) is 0 Å². The highest BCUT2D eigenvalue weighted by atomic mass is 15.1. The molecule has 0 fully saturated rings. The highest BCUT2D eigenvalue weighted by Gasteiger charge is 2.41. The van der Waals surface area contributed by atoms with Crippen LogP contribution in [0.15, 0.2) is 255 Å². The van der Waals surface area contributed by atoms with Crippen molar-refractivity contribution >= 4 is 38.6 Å². The Kier molecular flexibility index (Phi) is 9.35. The molecule has 0 radical (unpaired) electrons. The number of benzene rings is 11. The zero-order chi connectivity index (χ0) is 43.3. The van der Waals surface area contributed by atoms with Gasteiger partial charge in [-0.3, -0.25) is 0 Å². The molecule has 0 bridgehead atoms. The molecular weight excluding hydrogens is 783 g/mol. The molecule has 65 heavy (non-hydrogen) atoms. The van der Waals surface area contributed by atoms with E-state index in [1.54, 1.807) is 0 Å². The Morgan fingerprint density at radius 1 is 0.292 bits per heavy atom. The topological polar surface area (TPSA) is 3.24 Å². The van der Waals surface area contributed by atoms with E-state index in [1.807, 2.05) is 0 Å². The molecule has 1 nitrogen and oxygen atoms in total. The van der Waals surface area contributed by atoms with Crippen LogP contribution in [0.5, 0.6) is 0 Å². The zero-order valence-electron chi connectivity index (χ0n) is 36.2. The SMILES string of the molecule is CC1(c2ccccc2)c2ccccc2-c2ccc(N(c3ccccc3-c3ccccc3)c3ccccc3-c3ccc4c(c3)c(-c3ccccc3)c(-c3ccccc3)c3ccccc34)cc21. The third-order valence-corrected chi connectivity index (χ3v) is 13.7. The lowest BCUT2D eigenvalue weighted by atomic mass is 9.74. The van der Waals surface area contributed by atoms with Crippen molar-refractivity contribution in [1.82, 2.24) is 0 Å². The van der Waals surface area contributed by atoms with E-state index in [2.05, 4.69) is 267 Å². The van der Waals surface area contributed by atoms with Crippen molar-refractivity contribution in [2.75, 3.05) is 4.90 Å². The molecule has 306 valence electrons. The van der Waals surface area contributed by atoms with E-state index < -0.39 is 0 Å². The van der Waals surface area contributed by atoms with E-state index in [4.69, 9.17) is 0 Å². The van der Waals surface area contributed by atoms with Crippen LogP contribution in [0, 0.1) is 0 Å². The first kappa shape index (κ1) is 38.4. The summed E-state index contributed by atoms with van der Waals surface area (Å²) in [5.74, 6) is 0. The van der Waals surface area contributed by atoms with Crippen LogP contribution in [0.1, 0.15) is 23.6 Å². The van der Waals surface area contributed by atoms with Crippen molar-refractivity contribution in [3.05, 3.63) is 271 Å². The minimum absolute atomic E-state index is 0.348. The first-order chi connectivity index (χ1) is 32.2. The lowest BCUT2D eigenvalue weighted by Crippen LogP contribution is -2.23. The van der Waals surface area contributed by atoms with E-state index in [9.17, 15) is 0 Å². The maximum atomic E-state index is 2.50. The molecule has 0 amide bonds. The zero-order valence-corrected chi connectivity index (χ0v) is 36.2. The minimum atomic E-state index is -0.348. The minimum Gasteiger partial charge on any atom is -0.309 e. The molecule has 0 spiro atoms. The average molecular weight is 828 g/mol. The molecular formula is C64H45N. The first-order valence-electron chi connectivity index (χ1n) is 22.6. The normalized spacial score (nSPS) is 14.0. The molecule has 0 saturated heterocycles. The summed E-state index contributed by atoms with van der Waals surface area (Å²) in [7, 11) is 0. The Balaban J connectivity index is 1.13. The fraction of sp³-hybridized carbons (Fsp3) is 0.0312. The van der Waals surface area contributed by atoms with Gasteiger partial charge < -0.3 is 4.90 Å². The summed E-state index contributed by atoms with van der Waals surface area (Å²) < 4.78 is 0. The number of rotatable bonds is 8. The number of hydrogen-bond acceptors (Lipinski definition) is 1. The van der Waals surface area contributed by atoms with Gasteiger partial charge in [0.2, 0.25) is 0 Å². The molecule has 11 aromatic carbocycles. The second-order valence-corrected chi connectivity index (χ2v) is 17.3. The lowest BCUT2D eigenvalue weighted by Gasteiger charge is -2.32. The van der Waals surface area contributed by atoms with Gasteiger partial charge in [-0.25, -0.2) is 0 Å². The second kappa shape index (κ2) is 15.8. The predicted molar refractivity (Wildman–Crippen MR) is 275 cm³/mol. The van der Waals surface area contributed by atoms with Crippen molar-refractivity contribution < 1.29 is 0 Å². The molecule has 1 heteroatoms. The molecule has 0 N–H and O–H groups in total. The lowest BCUT2D eigenvalue weighted by molar-refractivity contribution is 0.714. The summed E-state index contributed by atoms with van der Waals surface area (Å²) in [6.45, 7) is 2.40. The molecule has 0 saturated carbocycles. The quantitative estimate of drug-likeness (QED) is 0.138. The van der Waals surface area contributed by atoms with Crippen LogP contribution in [0.4, 0.5) is 17.1 Å². The van der Waals surface area contributed by atoms with E-state index in [1.165, 1.54) is 82.7 Å². The number of nitrogens with zero attached hydrogens (tertiary/aromatic N) is 1. The van der Waals surface area contributed by atoms with E-state index in [0.29, 0.717) is 0 Å². The molecule has 11 aromatic rings. The molecule has 1 aliphatic carbocycles. The van der Waals surface area contributed by atoms with Gasteiger partial charge in [0, 0.05) is 22.2 Å². The van der Waals surface area contributed by atoms with Crippen LogP contribution in [0.25, 0.3) is 77.2 Å². The van der Waals surface area contributed by atoms with Crippen LogP contribution in [0.2, 0.25) is 0 Å². The third kappa shape index (κ3) is 6.31. The fourth-order valence-electron chi connectivity index (χ4n) is 10.7. The summed E-state index contributed by atoms with van der Waals surface area (Å²) in [6, 6.07) is 93.7. The second-order valence-electron chi connectivity index (χ2n) is 17.3. The van der Waals surface area contributed by atoms with Gasteiger partial charge in [-0.15, -0.1) is 0 Å². The van der Waals surface area contributed by atoms with Gasteiger partial charge >= 0.3 is 0 Å². The van der Waals surface area contributed by atoms with Crippen molar-refractivity contribution in [2.24, 2.45) is 0 Å². The van der Waals surface area contributed by atoms with Crippen molar-refractivity contribution in [3.8, 4) is 55.6 Å². The van der Waals surface area contributed by atoms with E-state index in [-0.39, 0.29) is 5.41 Å². The van der Waals surface area contributed by atoms with Gasteiger partial charge in [-0.1, -0.05) is 224 Å². The van der Waals surface area contributed by atoms with Crippen LogP contribution >= 0.6 is 0 Å². The molecule has 12 rings (SSSR count). The Morgan fingerprint density at radius 2 is 0.754 bits per heavy atom. The van der Waals surface area contributed by atoms with Gasteiger partial charge in [0.15, 0.2) is 0 Å². The maximum Gasteiger partial charge on any atom is 0.0540 e. The van der Waals surface area contributed by atoms with Crippen molar-refractivity contribution in [2.45, 2.75) is 12.3 Å². The van der Waals surface area contributed by atoms with Crippen LogP contribution in [-0.2, 0) is 5.41 Å². The van der Waals surface area contributed by atoms with Gasteiger partial charge in [0.25, 0.3) is 0 Å². The van der Waals surface area contributed by atoms with Crippen molar-refractivity contribution in [1.29, 1.82) is 0 Å². The number of para-hydroxylation sites is 2. The summed E-state index contributed by atoms with van der Waals surface area (Å²) in [6.07, 6.45) is 0. The summed E-state index contributed by atoms with van der Waals surface area (Å²) in [5.41, 5.74) is 19.1. The Bertz CT molecular complexity index is 3540. The average Bonchev–Trinajstić information content (AvgIpc) is 3.65. The summed E-state index contributed by atoms with van der Waals surface area (Å²) in [5, 5.41) is 4.97. The van der Waals surface area contributed by atoms with E-state index >= 15 is 0 Å². The Labute approximate surface area is 381 Å². The molecule has 0 heterocycles. The largest absolute Gasteiger partial charge is 0.309 e. The maximum absolute atomic E-state index is 2.50. The number of fused-ring (bicyclic) bond motifs is 6. The molecule has 0 aliphatic heterocycles. The van der Waals surface area contributed by atoms with Gasteiger partial charge in [0.1, 0.15) is 0 Å². The molecule has 0 aromatic heterocycles. The van der Waals surface area contributed by atoms with Crippen molar-refractivity contribution in [3.63, 3.8) is 0 Å². The van der Waals surface area contributed by atoms with Gasteiger partial charge in [-0.05, 0) is 120 Å². The van der Waals surface area contributed by atoms with E-state index in [0.717, 1.165) is 28.2 Å². The third-order valence-electron chi connectivity index (χ3n) is 13.7. The summed E-state index contributed by atoms with van der Waals surface area (Å²) >= 11 is 0. The van der Waals surface area contributed by atoms with Crippen LogP contribution < -0.4 is 4.90 Å².